The fraction of sp³-hybridized carbons (Fsp3) is 0.714. The Kier molecular flexibility index (Phi) is 7.03. The monoisotopic (exact) mass is 164 g/mol. The average molecular weight is 165 g/mol. The fourth-order valence-electron chi connectivity index (χ4n) is 0.401. The maximum absolute atomic E-state index is 5.59. The molecule has 0 saturated heterocycles. The van der Waals surface area contributed by atoms with Gasteiger partial charge in [0.25, 0.3) is 0 Å². The summed E-state index contributed by atoms with van der Waals surface area (Å²) in [7, 11) is 0. The number of rotatable bonds is 6. The summed E-state index contributed by atoms with van der Waals surface area (Å²) in [6.07, 6.45) is 1.67. The molecular formula is C7H13ClO2. The molecular weight excluding hydrogens is 152 g/mol. The Morgan fingerprint density at radius 3 is 2.80 bits per heavy atom. The first kappa shape index (κ1) is 9.95. The molecule has 0 heterocycles. The summed E-state index contributed by atoms with van der Waals surface area (Å²) in [5.41, 5.74) is 0. The Bertz CT molecular complexity index is 83.7. The maximum atomic E-state index is 5.59. The highest BCUT2D eigenvalue weighted by Gasteiger charge is 1.93. The van der Waals surface area contributed by atoms with Crippen molar-refractivity contribution in [3.05, 3.63) is 12.7 Å². The van der Waals surface area contributed by atoms with E-state index < -0.39 is 0 Å². The van der Waals surface area contributed by atoms with Gasteiger partial charge in [0.1, 0.15) is 6.79 Å². The highest BCUT2D eigenvalue weighted by atomic mass is 35.5. The van der Waals surface area contributed by atoms with Crippen LogP contribution in [0.2, 0.25) is 0 Å². The van der Waals surface area contributed by atoms with Crippen molar-refractivity contribution in [2.75, 3.05) is 20.0 Å². The van der Waals surface area contributed by atoms with Crippen molar-refractivity contribution in [3.63, 3.8) is 0 Å². The van der Waals surface area contributed by atoms with E-state index in [-0.39, 0.29) is 5.38 Å². The number of alkyl halides is 1. The van der Waals surface area contributed by atoms with Gasteiger partial charge in [-0.05, 0) is 6.92 Å². The van der Waals surface area contributed by atoms with Crippen molar-refractivity contribution in [3.8, 4) is 0 Å². The average Bonchev–Trinajstić information content (AvgIpc) is 1.87. The second-order valence-electron chi connectivity index (χ2n) is 1.93. The zero-order chi connectivity index (χ0) is 7.82. The van der Waals surface area contributed by atoms with E-state index in [1.54, 1.807) is 6.08 Å². The zero-order valence-electron chi connectivity index (χ0n) is 6.18. The molecule has 0 aliphatic carbocycles. The first-order chi connectivity index (χ1) is 4.77. The lowest BCUT2D eigenvalue weighted by Crippen LogP contribution is -2.07. The van der Waals surface area contributed by atoms with Gasteiger partial charge in [0.2, 0.25) is 0 Å². The minimum Gasteiger partial charge on any atom is -0.354 e. The lowest BCUT2D eigenvalue weighted by molar-refractivity contribution is -0.0426. The molecule has 0 N–H and O–H groups in total. The van der Waals surface area contributed by atoms with Gasteiger partial charge in [0, 0.05) is 0 Å². The SMILES string of the molecule is C=CCOCOCC(C)Cl. The molecule has 1 atom stereocenters. The van der Waals surface area contributed by atoms with Crippen LogP contribution in [0.15, 0.2) is 12.7 Å². The lowest BCUT2D eigenvalue weighted by Gasteiger charge is -2.04. The van der Waals surface area contributed by atoms with E-state index in [2.05, 4.69) is 6.58 Å². The van der Waals surface area contributed by atoms with Crippen LogP contribution < -0.4 is 0 Å². The van der Waals surface area contributed by atoms with E-state index in [1.807, 2.05) is 6.92 Å². The van der Waals surface area contributed by atoms with Crippen LogP contribution in [-0.2, 0) is 9.47 Å². The summed E-state index contributed by atoms with van der Waals surface area (Å²) in [5, 5.41) is 0.0485. The molecule has 0 aromatic rings. The van der Waals surface area contributed by atoms with E-state index in [4.69, 9.17) is 21.1 Å². The Hall–Kier alpha value is -0.0500. The molecule has 0 aliphatic rings. The van der Waals surface area contributed by atoms with Gasteiger partial charge in [-0.25, -0.2) is 0 Å². The first-order valence-electron chi connectivity index (χ1n) is 3.18. The van der Waals surface area contributed by atoms with Crippen molar-refractivity contribution in [2.24, 2.45) is 0 Å². The molecule has 0 fully saturated rings. The topological polar surface area (TPSA) is 18.5 Å². The standard InChI is InChI=1S/C7H13ClO2/c1-3-4-9-6-10-5-7(2)8/h3,7H,1,4-6H2,2H3. The first-order valence-corrected chi connectivity index (χ1v) is 3.61. The molecule has 0 aliphatic heterocycles. The molecule has 3 heteroatoms. The van der Waals surface area contributed by atoms with Gasteiger partial charge in [0.05, 0.1) is 18.6 Å². The predicted octanol–water partition coefficient (Wildman–Crippen LogP) is 1.79. The highest BCUT2D eigenvalue weighted by molar-refractivity contribution is 6.20. The number of halogens is 1. The number of ether oxygens (including phenoxy) is 2. The van der Waals surface area contributed by atoms with E-state index >= 15 is 0 Å². The van der Waals surface area contributed by atoms with Gasteiger partial charge >= 0.3 is 0 Å². The van der Waals surface area contributed by atoms with Gasteiger partial charge in [-0.3, -0.25) is 0 Å². The minimum absolute atomic E-state index is 0.0485. The molecule has 0 bridgehead atoms. The van der Waals surface area contributed by atoms with Crippen molar-refractivity contribution in [1.29, 1.82) is 0 Å². The van der Waals surface area contributed by atoms with Crippen LogP contribution in [0.4, 0.5) is 0 Å². The normalized spacial score (nSPS) is 13.0. The van der Waals surface area contributed by atoms with Crippen LogP contribution in [0.1, 0.15) is 6.92 Å². The summed E-state index contributed by atoms with van der Waals surface area (Å²) >= 11 is 5.59. The highest BCUT2D eigenvalue weighted by Crippen LogP contribution is 1.93. The van der Waals surface area contributed by atoms with Crippen LogP contribution >= 0.6 is 11.6 Å². The van der Waals surface area contributed by atoms with Crippen molar-refractivity contribution < 1.29 is 9.47 Å². The van der Waals surface area contributed by atoms with Crippen LogP contribution in [0.25, 0.3) is 0 Å². The largest absolute Gasteiger partial charge is 0.354 e. The Labute approximate surface area is 66.8 Å². The third kappa shape index (κ3) is 7.95. The van der Waals surface area contributed by atoms with Crippen molar-refractivity contribution in [2.45, 2.75) is 12.3 Å². The molecule has 2 nitrogen and oxygen atoms in total. The molecule has 60 valence electrons. The smallest absolute Gasteiger partial charge is 0.147 e. The summed E-state index contributed by atoms with van der Waals surface area (Å²) in [6.45, 7) is 6.70. The molecule has 0 saturated carbocycles. The molecule has 0 amide bonds. The molecule has 0 spiro atoms. The third-order valence-corrected chi connectivity index (χ3v) is 0.876. The predicted molar refractivity (Wildman–Crippen MR) is 42.3 cm³/mol. The summed E-state index contributed by atoms with van der Waals surface area (Å²) in [6, 6.07) is 0. The summed E-state index contributed by atoms with van der Waals surface area (Å²) in [4.78, 5) is 0. The van der Waals surface area contributed by atoms with Gasteiger partial charge in [0.15, 0.2) is 0 Å². The van der Waals surface area contributed by atoms with Crippen LogP contribution in [0.3, 0.4) is 0 Å². The number of hydrogen-bond donors (Lipinski definition) is 0. The fourth-order valence-corrected chi connectivity index (χ4v) is 0.490. The zero-order valence-corrected chi connectivity index (χ0v) is 6.93. The number of hydrogen-bond acceptors (Lipinski definition) is 2. The molecule has 0 radical (unpaired) electrons. The third-order valence-electron chi connectivity index (χ3n) is 0.750. The van der Waals surface area contributed by atoms with Crippen LogP contribution in [0.5, 0.6) is 0 Å². The van der Waals surface area contributed by atoms with Gasteiger partial charge in [-0.15, -0.1) is 18.2 Å². The Morgan fingerprint density at radius 2 is 2.30 bits per heavy atom. The Balaban J connectivity index is 2.83. The molecule has 0 rings (SSSR count). The van der Waals surface area contributed by atoms with E-state index in [1.165, 1.54) is 0 Å². The van der Waals surface area contributed by atoms with Crippen LogP contribution in [-0.4, -0.2) is 25.4 Å². The van der Waals surface area contributed by atoms with Gasteiger partial charge < -0.3 is 9.47 Å². The summed E-state index contributed by atoms with van der Waals surface area (Å²) in [5.74, 6) is 0. The van der Waals surface area contributed by atoms with E-state index in [9.17, 15) is 0 Å². The van der Waals surface area contributed by atoms with E-state index in [0.29, 0.717) is 20.0 Å². The minimum atomic E-state index is 0.0485. The van der Waals surface area contributed by atoms with Crippen molar-refractivity contribution in [1.82, 2.24) is 0 Å². The second kappa shape index (κ2) is 7.06. The lowest BCUT2D eigenvalue weighted by atomic mass is 10.5. The van der Waals surface area contributed by atoms with Gasteiger partial charge in [-0.1, -0.05) is 6.08 Å². The van der Waals surface area contributed by atoms with E-state index in [0.717, 1.165) is 0 Å². The maximum Gasteiger partial charge on any atom is 0.147 e. The molecule has 0 aromatic carbocycles. The van der Waals surface area contributed by atoms with Crippen LogP contribution in [0, 0.1) is 0 Å². The quantitative estimate of drug-likeness (QED) is 0.258. The molecule has 0 aromatic heterocycles. The summed E-state index contributed by atoms with van der Waals surface area (Å²) < 4.78 is 9.93. The Morgan fingerprint density at radius 1 is 1.60 bits per heavy atom. The molecule has 10 heavy (non-hydrogen) atoms. The van der Waals surface area contributed by atoms with Crippen molar-refractivity contribution >= 4 is 11.6 Å². The molecule has 1 unspecified atom stereocenters. The second-order valence-corrected chi connectivity index (χ2v) is 2.67. The van der Waals surface area contributed by atoms with Gasteiger partial charge in [-0.2, -0.15) is 0 Å².